The van der Waals surface area contributed by atoms with Gasteiger partial charge in [-0.2, -0.15) is 0 Å². The number of fused-ring (bicyclic) bond motifs is 1. The molecule has 2 aliphatic rings. The molecule has 1 aromatic carbocycles. The summed E-state index contributed by atoms with van der Waals surface area (Å²) in [5, 5.41) is 8.10. The molecule has 3 N–H and O–H groups in total. The molecule has 1 unspecified atom stereocenters. The number of likely N-dealkylation sites (tertiary alicyclic amines) is 1. The number of piperidine rings is 1. The highest BCUT2D eigenvalue weighted by molar-refractivity contribution is 5.99. The summed E-state index contributed by atoms with van der Waals surface area (Å²) >= 11 is 0. The number of anilines is 1. The number of alkyl carbamates (subject to hydrolysis) is 1. The largest absolute Gasteiger partial charge is 0.482 e. The maximum absolute atomic E-state index is 13.0. The molecule has 0 spiro atoms. The predicted molar refractivity (Wildman–Crippen MR) is 116 cm³/mol. The Kier molecular flexibility index (Phi) is 7.22. The van der Waals surface area contributed by atoms with Crippen LogP contribution in [0.2, 0.25) is 0 Å². The van der Waals surface area contributed by atoms with Crippen LogP contribution in [0.4, 0.5) is 10.5 Å². The van der Waals surface area contributed by atoms with Crippen molar-refractivity contribution in [1.29, 1.82) is 0 Å². The Hall–Kier alpha value is -3.30. The Morgan fingerprint density at radius 2 is 1.97 bits per heavy atom. The Morgan fingerprint density at radius 1 is 1.22 bits per heavy atom. The Balaban J connectivity index is 1.48. The number of ether oxygens (including phenoxy) is 2. The number of rotatable bonds is 5. The van der Waals surface area contributed by atoms with Gasteiger partial charge in [0.2, 0.25) is 5.91 Å². The molecule has 1 aromatic rings. The van der Waals surface area contributed by atoms with E-state index in [1.807, 2.05) is 0 Å². The topological polar surface area (TPSA) is 126 Å². The van der Waals surface area contributed by atoms with Gasteiger partial charge in [0.15, 0.2) is 6.61 Å². The second-order valence-electron chi connectivity index (χ2n) is 8.86. The first kappa shape index (κ1) is 23.4. The number of carbonyl (C=O) groups excluding carboxylic acids is 4. The zero-order valence-corrected chi connectivity index (χ0v) is 18.7. The molecule has 0 aromatic heterocycles. The minimum atomic E-state index is -0.580. The van der Waals surface area contributed by atoms with E-state index in [9.17, 15) is 19.2 Å². The zero-order valence-electron chi connectivity index (χ0n) is 18.7. The predicted octanol–water partition coefficient (Wildman–Crippen LogP) is 1.51. The first-order valence-corrected chi connectivity index (χ1v) is 10.7. The van der Waals surface area contributed by atoms with Gasteiger partial charge in [0.05, 0.1) is 11.6 Å². The Bertz CT molecular complexity index is 895. The molecule has 0 radical (unpaired) electrons. The van der Waals surface area contributed by atoms with E-state index in [0.717, 1.165) is 6.42 Å². The lowest BCUT2D eigenvalue weighted by Gasteiger charge is -2.32. The summed E-state index contributed by atoms with van der Waals surface area (Å²) in [6.07, 6.45) is 0.876. The van der Waals surface area contributed by atoms with Crippen LogP contribution in [0.1, 0.15) is 44.0 Å². The summed E-state index contributed by atoms with van der Waals surface area (Å²) in [4.78, 5) is 50.2. The minimum Gasteiger partial charge on any atom is -0.482 e. The molecular weight excluding hydrogens is 416 g/mol. The second kappa shape index (κ2) is 9.88. The van der Waals surface area contributed by atoms with Crippen molar-refractivity contribution in [2.45, 2.75) is 39.2 Å². The first-order valence-electron chi connectivity index (χ1n) is 10.7. The average molecular weight is 447 g/mol. The van der Waals surface area contributed by atoms with E-state index in [-0.39, 0.29) is 43.3 Å². The fourth-order valence-electron chi connectivity index (χ4n) is 3.57. The number of nitrogens with zero attached hydrogens (tertiary/aromatic N) is 1. The summed E-state index contributed by atoms with van der Waals surface area (Å²) in [7, 11) is 0. The van der Waals surface area contributed by atoms with Crippen molar-refractivity contribution in [3.05, 3.63) is 23.8 Å². The van der Waals surface area contributed by atoms with Crippen LogP contribution in [-0.2, 0) is 14.3 Å². The Labute approximate surface area is 187 Å². The number of hydrogen-bond acceptors (Lipinski definition) is 6. The van der Waals surface area contributed by atoms with Gasteiger partial charge >= 0.3 is 6.09 Å². The fourth-order valence-corrected chi connectivity index (χ4v) is 3.57. The lowest BCUT2D eigenvalue weighted by Crippen LogP contribution is -2.46. The SMILES string of the molecule is CC(C)(C)OC(=O)NCCNC(=O)C1CCCN(C(=O)c2ccc3c(c2)OCC(=O)N3)C1. The van der Waals surface area contributed by atoms with Gasteiger partial charge < -0.3 is 30.3 Å². The number of benzene rings is 1. The molecule has 32 heavy (non-hydrogen) atoms. The van der Waals surface area contributed by atoms with Gasteiger partial charge in [-0.15, -0.1) is 0 Å². The number of hydrogen-bond donors (Lipinski definition) is 3. The monoisotopic (exact) mass is 446 g/mol. The molecule has 4 amide bonds. The summed E-state index contributed by atoms with van der Waals surface area (Å²) in [5.41, 5.74) is 0.403. The van der Waals surface area contributed by atoms with E-state index in [4.69, 9.17) is 9.47 Å². The van der Waals surface area contributed by atoms with Crippen molar-refractivity contribution in [3.8, 4) is 5.75 Å². The smallest absolute Gasteiger partial charge is 0.407 e. The van der Waals surface area contributed by atoms with Crippen molar-refractivity contribution in [1.82, 2.24) is 15.5 Å². The van der Waals surface area contributed by atoms with Crippen molar-refractivity contribution < 1.29 is 28.7 Å². The number of nitrogens with one attached hydrogen (secondary N) is 3. The van der Waals surface area contributed by atoms with Crippen LogP contribution in [0.25, 0.3) is 0 Å². The summed E-state index contributed by atoms with van der Waals surface area (Å²) < 4.78 is 10.5. The molecule has 0 aliphatic carbocycles. The molecule has 3 rings (SSSR count). The molecular formula is C22H30N4O6. The Morgan fingerprint density at radius 3 is 2.72 bits per heavy atom. The summed E-state index contributed by atoms with van der Waals surface area (Å²) in [6, 6.07) is 4.90. The summed E-state index contributed by atoms with van der Waals surface area (Å²) in [5.74, 6) is -0.424. The van der Waals surface area contributed by atoms with Crippen molar-refractivity contribution in [2.75, 3.05) is 38.1 Å². The van der Waals surface area contributed by atoms with E-state index < -0.39 is 11.7 Å². The lowest BCUT2D eigenvalue weighted by molar-refractivity contribution is -0.126. The van der Waals surface area contributed by atoms with Crippen molar-refractivity contribution >= 4 is 29.5 Å². The highest BCUT2D eigenvalue weighted by atomic mass is 16.6. The van der Waals surface area contributed by atoms with Crippen molar-refractivity contribution in [2.24, 2.45) is 5.92 Å². The van der Waals surface area contributed by atoms with E-state index in [1.54, 1.807) is 43.9 Å². The molecule has 1 fully saturated rings. The van der Waals surface area contributed by atoms with Gasteiger partial charge in [0.25, 0.3) is 11.8 Å². The minimum absolute atomic E-state index is 0.0839. The molecule has 174 valence electrons. The van der Waals surface area contributed by atoms with Crippen LogP contribution in [0.5, 0.6) is 5.75 Å². The van der Waals surface area contributed by atoms with Crippen LogP contribution in [0.15, 0.2) is 18.2 Å². The van der Waals surface area contributed by atoms with Crippen LogP contribution in [0.3, 0.4) is 0 Å². The van der Waals surface area contributed by atoms with Gasteiger partial charge in [-0.1, -0.05) is 0 Å². The maximum Gasteiger partial charge on any atom is 0.407 e. The molecule has 0 saturated carbocycles. The molecule has 2 heterocycles. The van der Waals surface area contributed by atoms with Gasteiger partial charge in [0, 0.05) is 31.7 Å². The van der Waals surface area contributed by atoms with Crippen LogP contribution in [0, 0.1) is 5.92 Å². The van der Waals surface area contributed by atoms with Crippen LogP contribution in [-0.4, -0.2) is 67.1 Å². The van der Waals surface area contributed by atoms with Gasteiger partial charge in [0.1, 0.15) is 11.4 Å². The fraction of sp³-hybridized carbons (Fsp3) is 0.545. The molecule has 1 saturated heterocycles. The molecule has 0 bridgehead atoms. The van der Waals surface area contributed by atoms with Crippen molar-refractivity contribution in [3.63, 3.8) is 0 Å². The maximum atomic E-state index is 13.0. The standard InChI is InChI=1S/C22H30N4O6/c1-22(2,3)32-21(30)24-9-8-23-19(28)15-5-4-10-26(12-15)20(29)14-6-7-16-17(11-14)31-13-18(27)25-16/h6-7,11,15H,4-5,8-10,12-13H2,1-3H3,(H,23,28)(H,24,30)(H,25,27). The zero-order chi connectivity index (χ0) is 23.3. The van der Waals surface area contributed by atoms with E-state index in [2.05, 4.69) is 16.0 Å². The van der Waals surface area contributed by atoms with E-state index >= 15 is 0 Å². The third-order valence-electron chi connectivity index (χ3n) is 5.03. The number of amides is 4. The molecule has 10 nitrogen and oxygen atoms in total. The van der Waals surface area contributed by atoms with Gasteiger partial charge in [-0.05, 0) is 51.8 Å². The first-order chi connectivity index (χ1) is 15.1. The van der Waals surface area contributed by atoms with Crippen LogP contribution >= 0.6 is 0 Å². The van der Waals surface area contributed by atoms with Crippen LogP contribution < -0.4 is 20.7 Å². The third kappa shape index (κ3) is 6.35. The molecule has 2 aliphatic heterocycles. The average Bonchev–Trinajstić information content (AvgIpc) is 2.74. The van der Waals surface area contributed by atoms with Gasteiger partial charge in [-0.25, -0.2) is 4.79 Å². The normalized spacial score (nSPS) is 18.0. The summed E-state index contributed by atoms with van der Waals surface area (Å²) in [6.45, 7) is 6.66. The highest BCUT2D eigenvalue weighted by Gasteiger charge is 2.29. The highest BCUT2D eigenvalue weighted by Crippen LogP contribution is 2.29. The lowest BCUT2D eigenvalue weighted by atomic mass is 9.96. The molecule has 1 atom stereocenters. The van der Waals surface area contributed by atoms with E-state index in [0.29, 0.717) is 36.5 Å². The molecule has 10 heteroatoms. The van der Waals surface area contributed by atoms with Gasteiger partial charge in [-0.3, -0.25) is 14.4 Å². The quantitative estimate of drug-likeness (QED) is 0.589. The number of carbonyl (C=O) groups is 4. The third-order valence-corrected chi connectivity index (χ3v) is 5.03. The second-order valence-corrected chi connectivity index (χ2v) is 8.86. The van der Waals surface area contributed by atoms with E-state index in [1.165, 1.54) is 0 Å².